The maximum atomic E-state index is 12.8. The van der Waals surface area contributed by atoms with Crippen molar-refractivity contribution in [2.24, 2.45) is 0 Å². The summed E-state index contributed by atoms with van der Waals surface area (Å²) in [7, 11) is 0. The molecule has 1 heterocycles. The summed E-state index contributed by atoms with van der Waals surface area (Å²) in [6.07, 6.45) is 7.50. The maximum Gasteiger partial charge on any atom is 0.316 e. The molecule has 0 atom stereocenters. The zero-order chi connectivity index (χ0) is 16.1. The van der Waals surface area contributed by atoms with E-state index in [1.165, 1.54) is 25.9 Å². The summed E-state index contributed by atoms with van der Waals surface area (Å²) in [4.78, 5) is 15.2. The highest BCUT2D eigenvalue weighted by atomic mass is 35.5. The molecule has 4 heteroatoms. The van der Waals surface area contributed by atoms with Crippen LogP contribution in [0, 0.1) is 0 Å². The monoisotopic (exact) mass is 335 g/mol. The molecule has 1 aliphatic heterocycles. The molecule has 2 fully saturated rings. The van der Waals surface area contributed by atoms with Gasteiger partial charge in [-0.25, -0.2) is 0 Å². The molecule has 1 saturated carbocycles. The van der Waals surface area contributed by atoms with Gasteiger partial charge in [0, 0.05) is 11.6 Å². The predicted octanol–water partition coefficient (Wildman–Crippen LogP) is 4.18. The number of nitrogens with zero attached hydrogens (tertiary/aromatic N) is 1. The summed E-state index contributed by atoms with van der Waals surface area (Å²) in [5.74, 6) is -0.0428. The maximum absolute atomic E-state index is 12.8. The lowest BCUT2D eigenvalue weighted by Gasteiger charge is -2.27. The van der Waals surface area contributed by atoms with Crippen molar-refractivity contribution in [2.75, 3.05) is 26.2 Å². The average molecular weight is 336 g/mol. The SMILES string of the molecule is O=C(OCCCN1CCCC1)C1(c2ccc(Cl)cc2)CCCC1. The number of likely N-dealkylation sites (tertiary alicyclic amines) is 1. The fourth-order valence-corrected chi connectivity index (χ4v) is 4.08. The molecule has 126 valence electrons. The Hall–Kier alpha value is -1.06. The first-order chi connectivity index (χ1) is 11.2. The Kier molecular flexibility index (Phi) is 5.60. The van der Waals surface area contributed by atoms with Gasteiger partial charge in [-0.3, -0.25) is 4.79 Å². The van der Waals surface area contributed by atoms with E-state index in [0.29, 0.717) is 11.6 Å². The molecule has 23 heavy (non-hydrogen) atoms. The van der Waals surface area contributed by atoms with Gasteiger partial charge in [-0.05, 0) is 62.9 Å². The molecule has 0 radical (unpaired) electrons. The van der Waals surface area contributed by atoms with Crippen molar-refractivity contribution in [3.8, 4) is 0 Å². The topological polar surface area (TPSA) is 29.5 Å². The highest BCUT2D eigenvalue weighted by Crippen LogP contribution is 2.42. The summed E-state index contributed by atoms with van der Waals surface area (Å²) >= 11 is 5.99. The van der Waals surface area contributed by atoms with Crippen molar-refractivity contribution in [3.05, 3.63) is 34.9 Å². The Morgan fingerprint density at radius 1 is 1.09 bits per heavy atom. The third-order valence-corrected chi connectivity index (χ3v) is 5.55. The summed E-state index contributed by atoms with van der Waals surface area (Å²) in [6, 6.07) is 7.72. The Morgan fingerprint density at radius 2 is 1.74 bits per heavy atom. The largest absolute Gasteiger partial charge is 0.465 e. The zero-order valence-electron chi connectivity index (χ0n) is 13.7. The van der Waals surface area contributed by atoms with E-state index in [2.05, 4.69) is 4.90 Å². The second kappa shape index (κ2) is 7.67. The van der Waals surface area contributed by atoms with Gasteiger partial charge >= 0.3 is 5.97 Å². The van der Waals surface area contributed by atoms with Crippen molar-refractivity contribution >= 4 is 17.6 Å². The predicted molar refractivity (Wildman–Crippen MR) is 92.8 cm³/mol. The third kappa shape index (κ3) is 3.89. The summed E-state index contributed by atoms with van der Waals surface area (Å²) < 4.78 is 5.68. The number of halogens is 1. The van der Waals surface area contributed by atoms with Gasteiger partial charge < -0.3 is 9.64 Å². The van der Waals surface area contributed by atoms with Gasteiger partial charge in [-0.15, -0.1) is 0 Å². The number of benzene rings is 1. The van der Waals surface area contributed by atoms with E-state index in [1.54, 1.807) is 0 Å². The minimum absolute atomic E-state index is 0.0428. The van der Waals surface area contributed by atoms with Crippen LogP contribution in [0.5, 0.6) is 0 Å². The lowest BCUT2D eigenvalue weighted by molar-refractivity contribution is -0.150. The minimum Gasteiger partial charge on any atom is -0.465 e. The first-order valence-corrected chi connectivity index (χ1v) is 9.24. The molecule has 2 aliphatic rings. The standard InChI is InChI=1S/C19H26ClNO2/c20-17-8-6-16(7-9-17)19(10-1-2-11-19)18(22)23-15-5-14-21-12-3-4-13-21/h6-9H,1-5,10-15H2. The number of esters is 1. The summed E-state index contributed by atoms with van der Waals surface area (Å²) in [6.45, 7) is 3.97. The van der Waals surface area contributed by atoms with Crippen LogP contribution >= 0.6 is 11.6 Å². The molecule has 0 bridgehead atoms. The Balaban J connectivity index is 1.57. The zero-order valence-corrected chi connectivity index (χ0v) is 14.5. The van der Waals surface area contributed by atoms with Crippen molar-refractivity contribution in [2.45, 2.75) is 50.4 Å². The van der Waals surface area contributed by atoms with Crippen LogP contribution in [0.15, 0.2) is 24.3 Å². The van der Waals surface area contributed by atoms with Crippen LogP contribution in [0.3, 0.4) is 0 Å². The number of ether oxygens (including phenoxy) is 1. The Bertz CT molecular complexity index is 517. The molecular formula is C19H26ClNO2. The number of carbonyl (C=O) groups is 1. The van der Waals surface area contributed by atoms with Crippen LogP contribution in [-0.2, 0) is 14.9 Å². The van der Waals surface area contributed by atoms with E-state index in [-0.39, 0.29) is 5.97 Å². The number of carbonyl (C=O) groups excluding carboxylic acids is 1. The lowest BCUT2D eigenvalue weighted by atomic mass is 9.79. The lowest BCUT2D eigenvalue weighted by Crippen LogP contribution is -2.35. The quantitative estimate of drug-likeness (QED) is 0.577. The molecule has 1 aromatic carbocycles. The second-order valence-electron chi connectivity index (χ2n) is 6.83. The number of hydrogen-bond acceptors (Lipinski definition) is 3. The van der Waals surface area contributed by atoms with Gasteiger partial charge in [-0.2, -0.15) is 0 Å². The summed E-state index contributed by atoms with van der Waals surface area (Å²) in [5, 5.41) is 0.709. The molecule has 1 saturated heterocycles. The fraction of sp³-hybridized carbons (Fsp3) is 0.632. The molecule has 0 amide bonds. The van der Waals surface area contributed by atoms with E-state index >= 15 is 0 Å². The van der Waals surface area contributed by atoms with Crippen LogP contribution in [0.1, 0.15) is 50.5 Å². The van der Waals surface area contributed by atoms with Crippen LogP contribution in [0.4, 0.5) is 0 Å². The van der Waals surface area contributed by atoms with E-state index < -0.39 is 5.41 Å². The first-order valence-electron chi connectivity index (χ1n) is 8.86. The molecule has 3 rings (SSSR count). The molecule has 0 spiro atoms. The number of hydrogen-bond donors (Lipinski definition) is 0. The van der Waals surface area contributed by atoms with Crippen molar-refractivity contribution in [3.63, 3.8) is 0 Å². The average Bonchev–Trinajstić information content (AvgIpc) is 3.24. The van der Waals surface area contributed by atoms with Gasteiger partial charge in [-0.1, -0.05) is 36.6 Å². The molecule has 3 nitrogen and oxygen atoms in total. The van der Waals surface area contributed by atoms with Crippen LogP contribution in [0.2, 0.25) is 5.02 Å². The second-order valence-corrected chi connectivity index (χ2v) is 7.27. The molecular weight excluding hydrogens is 310 g/mol. The van der Waals surface area contributed by atoms with Crippen LogP contribution < -0.4 is 0 Å². The van der Waals surface area contributed by atoms with Crippen LogP contribution in [-0.4, -0.2) is 37.1 Å². The van der Waals surface area contributed by atoms with Crippen molar-refractivity contribution in [1.29, 1.82) is 0 Å². The summed E-state index contributed by atoms with van der Waals surface area (Å²) in [5.41, 5.74) is 0.613. The van der Waals surface area contributed by atoms with E-state index in [9.17, 15) is 4.79 Å². The van der Waals surface area contributed by atoms with Gasteiger partial charge in [0.2, 0.25) is 0 Å². The minimum atomic E-state index is -0.446. The highest BCUT2D eigenvalue weighted by Gasteiger charge is 2.44. The van der Waals surface area contributed by atoms with E-state index in [0.717, 1.165) is 44.2 Å². The first kappa shape index (κ1) is 16.8. The normalized spacial score (nSPS) is 20.7. The van der Waals surface area contributed by atoms with Crippen molar-refractivity contribution in [1.82, 2.24) is 4.90 Å². The fourth-order valence-electron chi connectivity index (χ4n) is 3.96. The third-order valence-electron chi connectivity index (χ3n) is 5.30. The highest BCUT2D eigenvalue weighted by molar-refractivity contribution is 6.30. The molecule has 0 unspecified atom stereocenters. The molecule has 0 aromatic heterocycles. The van der Waals surface area contributed by atoms with E-state index in [1.807, 2.05) is 24.3 Å². The molecule has 1 aliphatic carbocycles. The van der Waals surface area contributed by atoms with Crippen molar-refractivity contribution < 1.29 is 9.53 Å². The molecule has 1 aromatic rings. The van der Waals surface area contributed by atoms with Gasteiger partial charge in [0.25, 0.3) is 0 Å². The molecule has 0 N–H and O–H groups in total. The van der Waals surface area contributed by atoms with Gasteiger partial charge in [0.1, 0.15) is 0 Å². The van der Waals surface area contributed by atoms with Gasteiger partial charge in [0.15, 0.2) is 0 Å². The Labute approximate surface area is 144 Å². The van der Waals surface area contributed by atoms with Gasteiger partial charge in [0.05, 0.1) is 12.0 Å². The van der Waals surface area contributed by atoms with E-state index in [4.69, 9.17) is 16.3 Å². The van der Waals surface area contributed by atoms with Crippen LogP contribution in [0.25, 0.3) is 0 Å². The number of rotatable bonds is 6. The Morgan fingerprint density at radius 3 is 2.39 bits per heavy atom. The smallest absolute Gasteiger partial charge is 0.316 e.